The van der Waals surface area contributed by atoms with Crippen LogP contribution in [0.5, 0.6) is 17.2 Å². The maximum atomic E-state index is 14.1. The highest BCUT2D eigenvalue weighted by Crippen LogP contribution is 2.40. The summed E-state index contributed by atoms with van der Waals surface area (Å²) in [4.78, 5) is 15.2. The van der Waals surface area contributed by atoms with Crippen molar-refractivity contribution in [2.24, 2.45) is 0 Å². The number of phenols is 1. The molecule has 0 fully saturated rings. The lowest BCUT2D eigenvalue weighted by Crippen LogP contribution is -2.19. The van der Waals surface area contributed by atoms with E-state index in [1.807, 2.05) is 60.7 Å². The van der Waals surface area contributed by atoms with E-state index in [0.29, 0.717) is 6.54 Å². The molecule has 0 bridgehead atoms. The van der Waals surface area contributed by atoms with Crippen molar-refractivity contribution in [3.05, 3.63) is 124 Å². The van der Waals surface area contributed by atoms with Gasteiger partial charge in [-0.1, -0.05) is 72.8 Å². The third-order valence-electron chi connectivity index (χ3n) is 6.26. The molecule has 0 amide bonds. The molecule has 8 heteroatoms. The molecule has 1 N–H and O–H groups in total. The number of hydrogen-bond acceptors (Lipinski definition) is 5. The number of alkyl halides is 3. The molecular weight excluding hydrogens is 507 g/mol. The first-order valence-electron chi connectivity index (χ1n) is 12.2. The van der Waals surface area contributed by atoms with Crippen LogP contribution in [-0.4, -0.2) is 17.1 Å². The highest BCUT2D eigenvalue weighted by atomic mass is 19.4. The van der Waals surface area contributed by atoms with E-state index in [9.17, 15) is 23.1 Å². The molecule has 5 aromatic rings. The third-order valence-corrected chi connectivity index (χ3v) is 6.26. The van der Waals surface area contributed by atoms with Crippen molar-refractivity contribution in [1.29, 1.82) is 0 Å². The lowest BCUT2D eigenvalue weighted by molar-refractivity contribution is -0.154. The van der Waals surface area contributed by atoms with Crippen molar-refractivity contribution < 1.29 is 27.4 Å². The Kier molecular flexibility index (Phi) is 7.13. The smallest absolute Gasteiger partial charge is 0.453 e. The van der Waals surface area contributed by atoms with E-state index in [1.54, 1.807) is 24.1 Å². The van der Waals surface area contributed by atoms with Gasteiger partial charge in [0.1, 0.15) is 17.1 Å². The van der Waals surface area contributed by atoms with Gasteiger partial charge < -0.3 is 14.3 Å². The van der Waals surface area contributed by atoms with Gasteiger partial charge in [-0.3, -0.25) is 9.69 Å². The topological polar surface area (TPSA) is 62.9 Å². The molecule has 1 aromatic heterocycles. The van der Waals surface area contributed by atoms with Crippen LogP contribution in [0.2, 0.25) is 0 Å². The molecule has 1 heterocycles. The fourth-order valence-electron chi connectivity index (χ4n) is 4.40. The molecule has 0 aliphatic rings. The van der Waals surface area contributed by atoms with E-state index in [-0.39, 0.29) is 34.6 Å². The molecule has 0 atom stereocenters. The second-order valence-corrected chi connectivity index (χ2v) is 9.18. The predicted octanol–water partition coefficient (Wildman–Crippen LogP) is 7.61. The number of phenolic OH excluding ortho intramolecular Hbond substituents is 1. The number of ether oxygens (including phenoxy) is 1. The minimum Gasteiger partial charge on any atom is -0.507 e. The quantitative estimate of drug-likeness (QED) is 0.234. The molecule has 5 nitrogen and oxygen atoms in total. The summed E-state index contributed by atoms with van der Waals surface area (Å²) in [5, 5.41) is 10.4. The lowest BCUT2D eigenvalue weighted by atomic mass is 10.1. The molecule has 39 heavy (non-hydrogen) atoms. The monoisotopic (exact) mass is 531 g/mol. The number of hydrogen-bond donors (Lipinski definition) is 1. The summed E-state index contributed by atoms with van der Waals surface area (Å²) in [6.07, 6.45) is -5.02. The summed E-state index contributed by atoms with van der Waals surface area (Å²) in [5.74, 6) is -2.75. The fraction of sp³-hybridized carbons (Fsp3) is 0.129. The molecule has 0 aliphatic heterocycles. The van der Waals surface area contributed by atoms with Crippen LogP contribution in [0.1, 0.15) is 16.9 Å². The second kappa shape index (κ2) is 10.7. The van der Waals surface area contributed by atoms with Crippen LogP contribution >= 0.6 is 0 Å². The van der Waals surface area contributed by atoms with Crippen LogP contribution in [0.4, 0.5) is 13.2 Å². The van der Waals surface area contributed by atoms with Crippen molar-refractivity contribution in [1.82, 2.24) is 4.90 Å². The Morgan fingerprint density at radius 2 is 1.44 bits per heavy atom. The molecular formula is C31H24F3NO4. The van der Waals surface area contributed by atoms with Gasteiger partial charge in [-0.15, -0.1) is 0 Å². The van der Waals surface area contributed by atoms with Crippen molar-refractivity contribution in [3.8, 4) is 28.4 Å². The van der Waals surface area contributed by atoms with Gasteiger partial charge in [0.25, 0.3) is 5.76 Å². The summed E-state index contributed by atoms with van der Waals surface area (Å²) >= 11 is 0. The minimum absolute atomic E-state index is 0.0411. The first-order chi connectivity index (χ1) is 18.7. The molecule has 0 unspecified atom stereocenters. The fourth-order valence-corrected chi connectivity index (χ4v) is 4.40. The zero-order valence-electron chi connectivity index (χ0n) is 20.9. The molecule has 0 spiro atoms. The van der Waals surface area contributed by atoms with Crippen LogP contribution in [0.15, 0.2) is 106 Å². The van der Waals surface area contributed by atoms with Crippen molar-refractivity contribution in [2.75, 3.05) is 7.05 Å². The highest BCUT2D eigenvalue weighted by Gasteiger charge is 2.41. The van der Waals surface area contributed by atoms with Gasteiger partial charge in [-0.25, -0.2) is 0 Å². The molecule has 0 radical (unpaired) electrons. The number of rotatable bonds is 7. The van der Waals surface area contributed by atoms with Gasteiger partial charge in [0.2, 0.25) is 11.2 Å². The van der Waals surface area contributed by atoms with Gasteiger partial charge in [0.15, 0.2) is 0 Å². The van der Waals surface area contributed by atoms with E-state index >= 15 is 0 Å². The van der Waals surface area contributed by atoms with Gasteiger partial charge in [-0.2, -0.15) is 13.2 Å². The van der Waals surface area contributed by atoms with E-state index in [2.05, 4.69) is 0 Å². The number of benzene rings is 4. The maximum absolute atomic E-state index is 14.1. The summed E-state index contributed by atoms with van der Waals surface area (Å²) in [7, 11) is 1.75. The van der Waals surface area contributed by atoms with Gasteiger partial charge in [0, 0.05) is 13.1 Å². The van der Waals surface area contributed by atoms with Crippen LogP contribution in [0, 0.1) is 0 Å². The first-order valence-corrected chi connectivity index (χ1v) is 12.2. The number of nitrogens with zero attached hydrogens (tertiary/aromatic N) is 1. The Labute approximate surface area is 222 Å². The predicted molar refractivity (Wildman–Crippen MR) is 143 cm³/mol. The van der Waals surface area contributed by atoms with E-state index in [1.165, 1.54) is 24.3 Å². The number of aromatic hydroxyl groups is 1. The van der Waals surface area contributed by atoms with Gasteiger partial charge >= 0.3 is 6.18 Å². The van der Waals surface area contributed by atoms with Crippen LogP contribution in [-0.2, 0) is 19.3 Å². The van der Waals surface area contributed by atoms with Gasteiger partial charge in [0.05, 0.1) is 10.9 Å². The van der Waals surface area contributed by atoms with E-state index < -0.39 is 23.1 Å². The summed E-state index contributed by atoms with van der Waals surface area (Å²) in [6, 6.07) is 27.8. The summed E-state index contributed by atoms with van der Waals surface area (Å²) in [6.45, 7) is 0.507. The second-order valence-electron chi connectivity index (χ2n) is 9.18. The molecule has 198 valence electrons. The molecule has 4 aromatic carbocycles. The van der Waals surface area contributed by atoms with Crippen molar-refractivity contribution >= 4 is 11.0 Å². The Morgan fingerprint density at radius 1 is 0.821 bits per heavy atom. The average Bonchev–Trinajstić information content (AvgIpc) is 2.92. The SMILES string of the molecule is CN(Cc1ccccc1)Cc1c(O)ccc2c(=O)c(Oc3ccc(-c4ccccc4)cc3)c(C(F)(F)F)oc12. The molecule has 0 aliphatic carbocycles. The summed E-state index contributed by atoms with van der Waals surface area (Å²) in [5.41, 5.74) is 1.50. The van der Waals surface area contributed by atoms with Crippen LogP contribution in [0.25, 0.3) is 22.1 Å². The Bertz CT molecular complexity index is 1650. The third kappa shape index (κ3) is 5.66. The van der Waals surface area contributed by atoms with E-state index in [4.69, 9.17) is 9.15 Å². The number of fused-ring (bicyclic) bond motifs is 1. The molecule has 5 rings (SSSR count). The van der Waals surface area contributed by atoms with Crippen LogP contribution in [0.3, 0.4) is 0 Å². The zero-order valence-corrected chi connectivity index (χ0v) is 20.9. The van der Waals surface area contributed by atoms with Crippen LogP contribution < -0.4 is 10.2 Å². The molecule has 0 saturated carbocycles. The van der Waals surface area contributed by atoms with Crippen molar-refractivity contribution in [2.45, 2.75) is 19.3 Å². The zero-order chi connectivity index (χ0) is 27.6. The molecule has 0 saturated heterocycles. The maximum Gasteiger partial charge on any atom is 0.453 e. The summed E-state index contributed by atoms with van der Waals surface area (Å²) < 4.78 is 53.3. The minimum atomic E-state index is -5.02. The lowest BCUT2D eigenvalue weighted by Gasteiger charge is -2.19. The Morgan fingerprint density at radius 3 is 2.08 bits per heavy atom. The highest BCUT2D eigenvalue weighted by molar-refractivity contribution is 5.83. The van der Waals surface area contributed by atoms with E-state index in [0.717, 1.165) is 16.7 Å². The standard InChI is InChI=1S/C31H24F3NO4/c1-35(18-20-8-4-2-5-9-20)19-25-26(36)17-16-24-27(37)29(30(31(32,33)34)39-28(24)25)38-23-14-12-22(13-15-23)21-10-6-3-7-11-21/h2-17,36H,18-19H2,1H3. The van der Waals surface area contributed by atoms with Crippen molar-refractivity contribution in [3.63, 3.8) is 0 Å². The number of halogens is 3. The Hall–Kier alpha value is -4.56. The Balaban J connectivity index is 1.53. The largest absolute Gasteiger partial charge is 0.507 e. The normalized spacial score (nSPS) is 11.7. The average molecular weight is 532 g/mol. The van der Waals surface area contributed by atoms with Gasteiger partial charge in [-0.05, 0) is 48.0 Å². The first kappa shape index (κ1) is 26.1.